The summed E-state index contributed by atoms with van der Waals surface area (Å²) in [5.41, 5.74) is 5.31. The number of carbonyl (C=O) groups excluding carboxylic acids is 1. The molecule has 0 unspecified atom stereocenters. The minimum Gasteiger partial charge on any atom is -0.369 e. The first kappa shape index (κ1) is 8.09. The van der Waals surface area contributed by atoms with Gasteiger partial charge in [0.1, 0.15) is 0 Å². The first-order chi connectivity index (χ1) is 5.77. The minimum absolute atomic E-state index is 0.0691. The van der Waals surface area contributed by atoms with E-state index in [-0.39, 0.29) is 11.8 Å². The van der Waals surface area contributed by atoms with E-state index in [1.807, 2.05) is 0 Å². The van der Waals surface area contributed by atoms with E-state index in [4.69, 9.17) is 5.73 Å². The molecule has 2 aliphatic carbocycles. The summed E-state index contributed by atoms with van der Waals surface area (Å²) < 4.78 is 0. The Bertz CT molecular complexity index is 190. The van der Waals surface area contributed by atoms with Crippen molar-refractivity contribution in [3.05, 3.63) is 0 Å². The molecule has 68 valence electrons. The van der Waals surface area contributed by atoms with Crippen LogP contribution in [0.1, 0.15) is 38.5 Å². The molecule has 2 nitrogen and oxygen atoms in total. The molecule has 2 saturated carbocycles. The summed E-state index contributed by atoms with van der Waals surface area (Å²) in [6.45, 7) is 0. The fourth-order valence-electron chi connectivity index (χ4n) is 2.96. The third kappa shape index (κ3) is 1.35. The van der Waals surface area contributed by atoms with E-state index < -0.39 is 0 Å². The maximum atomic E-state index is 11.0. The van der Waals surface area contributed by atoms with Crippen LogP contribution < -0.4 is 5.73 Å². The van der Waals surface area contributed by atoms with Crippen LogP contribution in [-0.4, -0.2) is 5.91 Å². The van der Waals surface area contributed by atoms with Crippen molar-refractivity contribution in [3.8, 4) is 0 Å². The van der Waals surface area contributed by atoms with Crippen LogP contribution in [0, 0.1) is 17.8 Å². The summed E-state index contributed by atoms with van der Waals surface area (Å²) in [5.74, 6) is 1.89. The lowest BCUT2D eigenvalue weighted by Gasteiger charge is -2.29. The first-order valence-electron chi connectivity index (χ1n) is 5.06. The van der Waals surface area contributed by atoms with E-state index in [2.05, 4.69) is 0 Å². The van der Waals surface area contributed by atoms with Gasteiger partial charge in [-0.15, -0.1) is 0 Å². The third-order valence-corrected chi connectivity index (χ3v) is 3.69. The van der Waals surface area contributed by atoms with Gasteiger partial charge in [0, 0.05) is 5.92 Å². The number of fused-ring (bicyclic) bond motifs is 1. The maximum Gasteiger partial charge on any atom is 0.220 e. The van der Waals surface area contributed by atoms with Gasteiger partial charge in [-0.3, -0.25) is 4.79 Å². The molecule has 0 bridgehead atoms. The number of rotatable bonds is 1. The van der Waals surface area contributed by atoms with Crippen LogP contribution in [0.3, 0.4) is 0 Å². The average molecular weight is 167 g/mol. The van der Waals surface area contributed by atoms with E-state index in [1.54, 1.807) is 0 Å². The highest BCUT2D eigenvalue weighted by Crippen LogP contribution is 2.43. The molecule has 0 radical (unpaired) electrons. The SMILES string of the molecule is NC(=O)[C@H]1CC[C@H]2CCC[C@@H]2C1. The molecular formula is C10H17NO. The number of carbonyl (C=O) groups is 1. The van der Waals surface area contributed by atoms with Gasteiger partial charge in [0.05, 0.1) is 0 Å². The standard InChI is InChI=1S/C10H17NO/c11-10(12)9-5-4-7-2-1-3-8(7)6-9/h7-9H,1-6H2,(H2,11,12)/t7-,8-,9+/m1/s1. The molecular weight excluding hydrogens is 150 g/mol. The van der Waals surface area contributed by atoms with Crippen molar-refractivity contribution in [2.24, 2.45) is 23.5 Å². The maximum absolute atomic E-state index is 11.0. The van der Waals surface area contributed by atoms with Crippen molar-refractivity contribution in [1.29, 1.82) is 0 Å². The van der Waals surface area contributed by atoms with Gasteiger partial charge in [-0.1, -0.05) is 19.3 Å². The summed E-state index contributed by atoms with van der Waals surface area (Å²) in [7, 11) is 0. The third-order valence-electron chi connectivity index (χ3n) is 3.69. The molecule has 2 rings (SSSR count). The predicted molar refractivity (Wildman–Crippen MR) is 47.4 cm³/mol. The van der Waals surface area contributed by atoms with Crippen LogP contribution in [0.4, 0.5) is 0 Å². The summed E-state index contributed by atoms with van der Waals surface area (Å²) in [4.78, 5) is 11.0. The predicted octanol–water partition coefficient (Wildman–Crippen LogP) is 1.69. The molecule has 0 aromatic rings. The van der Waals surface area contributed by atoms with Crippen molar-refractivity contribution in [1.82, 2.24) is 0 Å². The van der Waals surface area contributed by atoms with Gasteiger partial charge in [-0.2, -0.15) is 0 Å². The van der Waals surface area contributed by atoms with Crippen LogP contribution in [0.15, 0.2) is 0 Å². The van der Waals surface area contributed by atoms with Crippen molar-refractivity contribution in [2.75, 3.05) is 0 Å². The van der Waals surface area contributed by atoms with Crippen LogP contribution in [0.5, 0.6) is 0 Å². The fourth-order valence-corrected chi connectivity index (χ4v) is 2.96. The first-order valence-corrected chi connectivity index (χ1v) is 5.06. The Hall–Kier alpha value is -0.530. The van der Waals surface area contributed by atoms with Crippen LogP contribution in [-0.2, 0) is 4.79 Å². The van der Waals surface area contributed by atoms with Gasteiger partial charge in [-0.05, 0) is 31.1 Å². The van der Waals surface area contributed by atoms with E-state index in [0.717, 1.165) is 24.7 Å². The molecule has 0 spiro atoms. The van der Waals surface area contributed by atoms with Gasteiger partial charge in [0.25, 0.3) is 0 Å². The highest BCUT2D eigenvalue weighted by molar-refractivity contribution is 5.76. The molecule has 0 aromatic heterocycles. The average Bonchev–Trinajstić information content (AvgIpc) is 2.49. The lowest BCUT2D eigenvalue weighted by molar-refractivity contribution is -0.123. The second kappa shape index (κ2) is 3.08. The molecule has 0 heterocycles. The summed E-state index contributed by atoms with van der Waals surface area (Å²) >= 11 is 0. The number of primary amides is 1. The largest absolute Gasteiger partial charge is 0.369 e. The Morgan fingerprint density at radius 2 is 1.83 bits per heavy atom. The summed E-state index contributed by atoms with van der Waals surface area (Å²) in [5, 5.41) is 0. The minimum atomic E-state index is -0.0691. The molecule has 0 aromatic carbocycles. The quantitative estimate of drug-likeness (QED) is 0.634. The highest BCUT2D eigenvalue weighted by atomic mass is 16.1. The molecule has 1 amide bonds. The van der Waals surface area contributed by atoms with Gasteiger partial charge < -0.3 is 5.73 Å². The monoisotopic (exact) mass is 167 g/mol. The van der Waals surface area contributed by atoms with Crippen molar-refractivity contribution in [2.45, 2.75) is 38.5 Å². The Kier molecular flexibility index (Phi) is 2.07. The molecule has 3 atom stereocenters. The van der Waals surface area contributed by atoms with Crippen LogP contribution >= 0.6 is 0 Å². The second-order valence-corrected chi connectivity index (χ2v) is 4.36. The Labute approximate surface area is 73.5 Å². The van der Waals surface area contributed by atoms with Crippen molar-refractivity contribution in [3.63, 3.8) is 0 Å². The van der Waals surface area contributed by atoms with E-state index in [0.29, 0.717) is 0 Å². The van der Waals surface area contributed by atoms with Crippen molar-refractivity contribution < 1.29 is 4.79 Å². The zero-order chi connectivity index (χ0) is 8.55. The van der Waals surface area contributed by atoms with Crippen LogP contribution in [0.25, 0.3) is 0 Å². The number of hydrogen-bond acceptors (Lipinski definition) is 1. The number of amides is 1. The second-order valence-electron chi connectivity index (χ2n) is 4.36. The molecule has 12 heavy (non-hydrogen) atoms. The van der Waals surface area contributed by atoms with E-state index in [1.165, 1.54) is 25.7 Å². The molecule has 2 N–H and O–H groups in total. The van der Waals surface area contributed by atoms with Gasteiger partial charge in [0.15, 0.2) is 0 Å². The van der Waals surface area contributed by atoms with Crippen molar-refractivity contribution >= 4 is 5.91 Å². The van der Waals surface area contributed by atoms with Gasteiger partial charge in [-0.25, -0.2) is 0 Å². The van der Waals surface area contributed by atoms with Gasteiger partial charge >= 0.3 is 0 Å². The fraction of sp³-hybridized carbons (Fsp3) is 0.900. The number of nitrogens with two attached hydrogens (primary N) is 1. The normalized spacial score (nSPS) is 40.8. The Balaban J connectivity index is 1.96. The summed E-state index contributed by atoms with van der Waals surface area (Å²) in [6, 6.07) is 0. The summed E-state index contributed by atoms with van der Waals surface area (Å²) in [6.07, 6.45) is 7.50. The molecule has 2 heteroatoms. The lowest BCUT2D eigenvalue weighted by atomic mass is 9.76. The van der Waals surface area contributed by atoms with Gasteiger partial charge in [0.2, 0.25) is 5.91 Å². The zero-order valence-corrected chi connectivity index (χ0v) is 7.46. The Morgan fingerprint density at radius 3 is 2.58 bits per heavy atom. The topological polar surface area (TPSA) is 43.1 Å². The van der Waals surface area contributed by atoms with Crippen LogP contribution in [0.2, 0.25) is 0 Å². The zero-order valence-electron chi connectivity index (χ0n) is 7.46. The molecule has 0 saturated heterocycles. The molecule has 2 fully saturated rings. The highest BCUT2D eigenvalue weighted by Gasteiger charge is 2.35. The smallest absolute Gasteiger partial charge is 0.220 e. The van der Waals surface area contributed by atoms with E-state index >= 15 is 0 Å². The number of hydrogen-bond donors (Lipinski definition) is 1. The lowest BCUT2D eigenvalue weighted by Crippen LogP contribution is -2.30. The van der Waals surface area contributed by atoms with E-state index in [9.17, 15) is 4.79 Å². The Morgan fingerprint density at radius 1 is 1.08 bits per heavy atom. The molecule has 2 aliphatic rings. The molecule has 0 aliphatic heterocycles.